The third kappa shape index (κ3) is 2.59. The maximum Gasteiger partial charge on any atom is 0.418 e. The molecule has 1 aromatic heterocycles. The first-order valence-electron chi connectivity index (χ1n) is 5.95. The van der Waals surface area contributed by atoms with Crippen molar-refractivity contribution in [1.29, 1.82) is 0 Å². The second-order valence-electron chi connectivity index (χ2n) is 5.39. The van der Waals surface area contributed by atoms with Gasteiger partial charge in [-0.25, -0.2) is 9.78 Å². The fourth-order valence-corrected chi connectivity index (χ4v) is 1.58. The fraction of sp³-hybridized carbons (Fsp3) is 0.583. The number of nitrogens with two attached hydrogens (primary N) is 1. The molecule has 1 amide bonds. The van der Waals surface area contributed by atoms with Gasteiger partial charge in [0.05, 0.1) is 11.9 Å². The maximum absolute atomic E-state index is 11.7. The van der Waals surface area contributed by atoms with Gasteiger partial charge in [0.2, 0.25) is 0 Å². The molecule has 98 valence electrons. The molecular weight excluding hydrogens is 232 g/mol. The van der Waals surface area contributed by atoms with Crippen molar-refractivity contribution in [3.63, 3.8) is 0 Å². The third-order valence-corrected chi connectivity index (χ3v) is 2.88. The van der Waals surface area contributed by atoms with Gasteiger partial charge in [0, 0.05) is 18.2 Å². The summed E-state index contributed by atoms with van der Waals surface area (Å²) < 4.78 is 5.11. The van der Waals surface area contributed by atoms with E-state index in [2.05, 4.69) is 9.97 Å². The highest BCUT2D eigenvalue weighted by molar-refractivity contribution is 5.71. The molecule has 0 spiro atoms. The molecule has 0 aliphatic carbocycles. The van der Waals surface area contributed by atoms with Crippen LogP contribution in [0.2, 0.25) is 0 Å². The van der Waals surface area contributed by atoms with E-state index < -0.39 is 6.09 Å². The number of hydrogen-bond acceptors (Lipinski definition) is 5. The van der Waals surface area contributed by atoms with Crippen LogP contribution in [0.5, 0.6) is 6.01 Å². The van der Waals surface area contributed by atoms with Crippen LogP contribution in [0.3, 0.4) is 0 Å². The zero-order valence-corrected chi connectivity index (χ0v) is 10.9. The number of carbonyl (C=O) groups is 1. The molecule has 1 aliphatic rings. The highest BCUT2D eigenvalue weighted by Crippen LogP contribution is 2.21. The monoisotopic (exact) mass is 250 g/mol. The second-order valence-corrected chi connectivity index (χ2v) is 5.39. The smallest absolute Gasteiger partial charge is 0.374 e. The Labute approximate surface area is 106 Å². The highest BCUT2D eigenvalue weighted by atomic mass is 16.6. The first-order chi connectivity index (χ1) is 8.38. The van der Waals surface area contributed by atoms with Crippen molar-refractivity contribution in [3.05, 3.63) is 18.0 Å². The van der Waals surface area contributed by atoms with Gasteiger partial charge in [-0.05, 0) is 12.5 Å². The average molecular weight is 250 g/mol. The van der Waals surface area contributed by atoms with Gasteiger partial charge in [-0.3, -0.25) is 4.90 Å². The molecule has 1 atom stereocenters. The Kier molecular flexibility index (Phi) is 3.21. The number of likely N-dealkylation sites (tertiary alicyclic amines) is 1. The average Bonchev–Trinajstić information content (AvgIpc) is 2.26. The Bertz CT molecular complexity index is 456. The lowest BCUT2D eigenvalue weighted by Gasteiger charge is -2.36. The summed E-state index contributed by atoms with van der Waals surface area (Å²) >= 11 is 0. The predicted octanol–water partition coefficient (Wildman–Crippen LogP) is 1.26. The van der Waals surface area contributed by atoms with E-state index in [9.17, 15) is 4.79 Å². The summed E-state index contributed by atoms with van der Waals surface area (Å²) in [5.41, 5.74) is 6.37. The van der Waals surface area contributed by atoms with Gasteiger partial charge in [0.25, 0.3) is 0 Å². The molecule has 6 nitrogen and oxygen atoms in total. The number of rotatable bonds is 1. The maximum atomic E-state index is 11.7. The second kappa shape index (κ2) is 4.53. The molecule has 0 saturated carbocycles. The molecule has 0 aromatic carbocycles. The van der Waals surface area contributed by atoms with Crippen LogP contribution in [0.1, 0.15) is 32.9 Å². The van der Waals surface area contributed by atoms with Gasteiger partial charge in [0.1, 0.15) is 0 Å². The minimum Gasteiger partial charge on any atom is -0.374 e. The number of nitrogens with zero attached hydrogens (tertiary/aromatic N) is 3. The third-order valence-electron chi connectivity index (χ3n) is 2.88. The lowest BCUT2D eigenvalue weighted by atomic mass is 9.92. The van der Waals surface area contributed by atoms with Gasteiger partial charge in [-0.1, -0.05) is 20.8 Å². The minimum atomic E-state index is -0.486. The van der Waals surface area contributed by atoms with E-state index in [1.54, 1.807) is 6.20 Å². The van der Waals surface area contributed by atoms with Gasteiger partial charge in [-0.15, -0.1) is 0 Å². The molecule has 1 fully saturated rings. The summed E-state index contributed by atoms with van der Waals surface area (Å²) in [4.78, 5) is 21.3. The van der Waals surface area contributed by atoms with Crippen molar-refractivity contribution in [2.45, 2.75) is 38.8 Å². The van der Waals surface area contributed by atoms with Crippen LogP contribution in [-0.2, 0) is 5.41 Å². The van der Waals surface area contributed by atoms with Crippen LogP contribution in [0.25, 0.3) is 0 Å². The first-order valence-corrected chi connectivity index (χ1v) is 5.95. The van der Waals surface area contributed by atoms with Crippen molar-refractivity contribution in [2.24, 2.45) is 5.73 Å². The number of amides is 1. The number of aromatic nitrogens is 2. The number of hydrogen-bond donors (Lipinski definition) is 1. The summed E-state index contributed by atoms with van der Waals surface area (Å²) in [6.07, 6.45) is 1.66. The Hall–Kier alpha value is -1.69. The molecule has 2 heterocycles. The number of ether oxygens (including phenoxy) is 1. The summed E-state index contributed by atoms with van der Waals surface area (Å²) in [5, 5.41) is 0. The topological polar surface area (TPSA) is 81.3 Å². The Morgan fingerprint density at radius 2 is 2.28 bits per heavy atom. The molecule has 1 aromatic rings. The van der Waals surface area contributed by atoms with Crippen LogP contribution in [0.15, 0.2) is 12.3 Å². The standard InChI is InChI=1S/C12H18N4O2/c1-12(2,3)8-4-6-14-10(15-8)18-11(17)16-7-5-9(16)13/h4,6,9H,5,7,13H2,1-3H3. The van der Waals surface area contributed by atoms with Crippen LogP contribution < -0.4 is 10.5 Å². The Morgan fingerprint density at radius 1 is 1.56 bits per heavy atom. The van der Waals surface area contributed by atoms with E-state index in [0.29, 0.717) is 6.54 Å². The van der Waals surface area contributed by atoms with Crippen molar-refractivity contribution >= 4 is 6.09 Å². The van der Waals surface area contributed by atoms with Crippen molar-refractivity contribution in [3.8, 4) is 6.01 Å². The van der Waals surface area contributed by atoms with Gasteiger partial charge >= 0.3 is 12.1 Å². The Morgan fingerprint density at radius 3 is 2.78 bits per heavy atom. The van der Waals surface area contributed by atoms with Crippen LogP contribution in [0.4, 0.5) is 4.79 Å². The predicted molar refractivity (Wildman–Crippen MR) is 66.1 cm³/mol. The van der Waals surface area contributed by atoms with Crippen LogP contribution in [0, 0.1) is 0 Å². The molecule has 1 saturated heterocycles. The molecular formula is C12H18N4O2. The molecule has 6 heteroatoms. The van der Waals surface area contributed by atoms with Crippen LogP contribution >= 0.6 is 0 Å². The molecule has 2 rings (SSSR count). The molecule has 2 N–H and O–H groups in total. The van der Waals surface area contributed by atoms with Gasteiger partial charge in [-0.2, -0.15) is 4.98 Å². The summed E-state index contributed by atoms with van der Waals surface area (Å²) in [7, 11) is 0. The van der Waals surface area contributed by atoms with Crippen molar-refractivity contribution in [1.82, 2.24) is 14.9 Å². The van der Waals surface area contributed by atoms with E-state index in [1.165, 1.54) is 4.90 Å². The van der Waals surface area contributed by atoms with Crippen molar-refractivity contribution < 1.29 is 9.53 Å². The fourth-order valence-electron chi connectivity index (χ4n) is 1.58. The number of carbonyl (C=O) groups excluding carboxylic acids is 1. The molecule has 0 bridgehead atoms. The zero-order chi connectivity index (χ0) is 13.3. The van der Waals surface area contributed by atoms with Crippen molar-refractivity contribution in [2.75, 3.05) is 6.54 Å². The quantitative estimate of drug-likeness (QED) is 0.811. The largest absolute Gasteiger partial charge is 0.418 e. The van der Waals surface area contributed by atoms with Gasteiger partial charge in [0.15, 0.2) is 0 Å². The van der Waals surface area contributed by atoms with E-state index >= 15 is 0 Å². The summed E-state index contributed by atoms with van der Waals surface area (Å²) in [6, 6.07) is 1.89. The molecule has 1 unspecified atom stereocenters. The summed E-state index contributed by atoms with van der Waals surface area (Å²) in [5.74, 6) is 0. The minimum absolute atomic E-state index is 0.0755. The first kappa shape index (κ1) is 12.8. The van der Waals surface area contributed by atoms with Gasteiger partial charge < -0.3 is 10.5 Å². The zero-order valence-electron chi connectivity index (χ0n) is 10.9. The van der Waals surface area contributed by atoms with Crippen LogP contribution in [-0.4, -0.2) is 33.7 Å². The summed E-state index contributed by atoms with van der Waals surface area (Å²) in [6.45, 7) is 6.73. The molecule has 18 heavy (non-hydrogen) atoms. The molecule has 0 radical (unpaired) electrons. The highest BCUT2D eigenvalue weighted by Gasteiger charge is 2.31. The Balaban J connectivity index is 2.08. The lowest BCUT2D eigenvalue weighted by molar-refractivity contribution is 0.0817. The van der Waals surface area contributed by atoms with E-state index in [1.807, 2.05) is 26.8 Å². The lowest BCUT2D eigenvalue weighted by Crippen LogP contribution is -2.56. The SMILES string of the molecule is CC(C)(C)c1ccnc(OC(=O)N2CCC2N)n1. The normalized spacial score (nSPS) is 19.3. The van der Waals surface area contributed by atoms with E-state index in [0.717, 1.165) is 12.1 Å². The van der Waals surface area contributed by atoms with E-state index in [4.69, 9.17) is 10.5 Å². The van der Waals surface area contributed by atoms with E-state index in [-0.39, 0.29) is 17.6 Å². The molecule has 1 aliphatic heterocycles.